The minimum atomic E-state index is -0.121. The maximum Gasteiger partial charge on any atom is 0.308 e. The third kappa shape index (κ3) is 43.9. The van der Waals surface area contributed by atoms with Crippen molar-refractivity contribution in [3.05, 3.63) is 0 Å². The van der Waals surface area contributed by atoms with Gasteiger partial charge in [0, 0.05) is 12.5 Å². The first-order chi connectivity index (χ1) is 26.3. The van der Waals surface area contributed by atoms with Gasteiger partial charge in [0.2, 0.25) is 0 Å². The van der Waals surface area contributed by atoms with E-state index in [1.165, 1.54) is 6.42 Å². The molecule has 0 aromatic carbocycles. The maximum absolute atomic E-state index is 12.0. The fraction of sp³-hybridized carbons (Fsp3) is 0.974. The van der Waals surface area contributed by atoms with Gasteiger partial charge in [0.25, 0.3) is 0 Å². The van der Waals surface area contributed by atoms with Gasteiger partial charge in [0.05, 0.1) is 158 Å². The summed E-state index contributed by atoms with van der Waals surface area (Å²) in [7, 11) is 0. The van der Waals surface area contributed by atoms with Crippen molar-refractivity contribution in [1.29, 1.82) is 0 Å². The molecule has 0 saturated carbocycles. The van der Waals surface area contributed by atoms with E-state index < -0.39 is 0 Å². The van der Waals surface area contributed by atoms with Crippen molar-refractivity contribution in [3.8, 4) is 0 Å². The average Bonchev–Trinajstić information content (AvgIpc) is 3.17. The van der Waals surface area contributed by atoms with Crippen molar-refractivity contribution in [2.75, 3.05) is 171 Å². The topological polar surface area (TPSA) is 137 Å². The molecule has 0 aromatic heterocycles. The number of hydrogen-bond donors (Lipinski definition) is 0. The molecule has 0 aliphatic heterocycles. The summed E-state index contributed by atoms with van der Waals surface area (Å²) >= 11 is 5.66. The molecule has 0 aromatic rings. The maximum atomic E-state index is 12.0. The van der Waals surface area contributed by atoms with E-state index in [-0.39, 0.29) is 18.5 Å². The predicted molar refractivity (Wildman–Crippen MR) is 203 cm³/mol. The molecule has 0 aliphatic carbocycles. The van der Waals surface area contributed by atoms with Crippen molar-refractivity contribution in [2.45, 2.75) is 65.2 Å². The molecule has 53 heavy (non-hydrogen) atoms. The molecule has 0 N–H and O–H groups in total. The average molecular weight is 791 g/mol. The molecule has 0 amide bonds. The zero-order valence-electron chi connectivity index (χ0n) is 33.2. The molecule has 0 aliphatic rings. The Morgan fingerprint density at radius 2 is 0.660 bits per heavy atom. The van der Waals surface area contributed by atoms with E-state index in [1.54, 1.807) is 0 Å². The molecule has 0 rings (SSSR count). The molecule has 0 saturated heterocycles. The van der Waals surface area contributed by atoms with Crippen LogP contribution in [0.4, 0.5) is 0 Å². The van der Waals surface area contributed by atoms with Crippen LogP contribution in [-0.4, -0.2) is 177 Å². The number of ether oxygens (including phenoxy) is 13. The number of alkyl halides is 1. The molecule has 14 nitrogen and oxygen atoms in total. The normalized spacial score (nSPS) is 12.1. The number of carbonyl (C=O) groups excluding carboxylic acids is 1. The summed E-state index contributed by atoms with van der Waals surface area (Å²) in [5.41, 5.74) is 0. The predicted octanol–water partition coefficient (Wildman–Crippen LogP) is 4.74. The highest BCUT2D eigenvalue weighted by molar-refractivity contribution is 6.17. The fourth-order valence-corrected chi connectivity index (χ4v) is 4.62. The molecular weight excluding hydrogens is 716 g/mol. The Bertz CT molecular complexity index is 697. The number of halogens is 1. The SMILES string of the molecule is CCCCC(CC)C(=O)OCCOCCOCCOCCOCCOCCOCCOCCOCCOCCOCCOCCOCCCCCCCl. The Morgan fingerprint density at radius 3 is 0.943 bits per heavy atom. The Labute approximate surface area is 325 Å². The van der Waals surface area contributed by atoms with Gasteiger partial charge in [0.1, 0.15) is 6.61 Å². The van der Waals surface area contributed by atoms with Gasteiger partial charge in [-0.05, 0) is 25.7 Å². The van der Waals surface area contributed by atoms with Crippen LogP contribution in [0.25, 0.3) is 0 Å². The van der Waals surface area contributed by atoms with Crippen LogP contribution in [0.5, 0.6) is 0 Å². The lowest BCUT2D eigenvalue weighted by molar-refractivity contribution is -0.150. The Kier molecular flexibility index (Phi) is 46.8. The summed E-state index contributed by atoms with van der Waals surface area (Å²) in [5.74, 6) is 0.615. The molecule has 1 unspecified atom stereocenters. The van der Waals surface area contributed by atoms with Gasteiger partial charge in [-0.3, -0.25) is 4.79 Å². The first-order valence-electron chi connectivity index (χ1n) is 19.9. The van der Waals surface area contributed by atoms with Crippen molar-refractivity contribution < 1.29 is 66.4 Å². The van der Waals surface area contributed by atoms with E-state index in [0.717, 1.165) is 57.4 Å². The van der Waals surface area contributed by atoms with Gasteiger partial charge >= 0.3 is 5.97 Å². The number of esters is 1. The summed E-state index contributed by atoms with van der Waals surface area (Å²) in [6.45, 7) is 16.8. The van der Waals surface area contributed by atoms with E-state index in [4.69, 9.17) is 73.2 Å². The van der Waals surface area contributed by atoms with Crippen LogP contribution in [0.2, 0.25) is 0 Å². The van der Waals surface area contributed by atoms with Crippen LogP contribution < -0.4 is 0 Å². The summed E-state index contributed by atoms with van der Waals surface area (Å²) < 4.78 is 71.2. The highest BCUT2D eigenvalue weighted by Gasteiger charge is 2.17. The monoisotopic (exact) mass is 790 g/mol. The van der Waals surface area contributed by atoms with Crippen molar-refractivity contribution in [1.82, 2.24) is 0 Å². The number of hydrogen-bond acceptors (Lipinski definition) is 14. The zero-order chi connectivity index (χ0) is 38.4. The Morgan fingerprint density at radius 1 is 0.377 bits per heavy atom. The smallest absolute Gasteiger partial charge is 0.308 e. The van der Waals surface area contributed by atoms with Gasteiger partial charge in [-0.2, -0.15) is 0 Å². The second kappa shape index (κ2) is 47.4. The lowest BCUT2D eigenvalue weighted by Gasteiger charge is -2.13. The van der Waals surface area contributed by atoms with Crippen LogP contribution in [-0.2, 0) is 66.4 Å². The second-order valence-electron chi connectivity index (χ2n) is 11.9. The van der Waals surface area contributed by atoms with Crippen LogP contribution in [0.15, 0.2) is 0 Å². The van der Waals surface area contributed by atoms with Crippen LogP contribution in [0.1, 0.15) is 65.2 Å². The first-order valence-corrected chi connectivity index (χ1v) is 20.4. The van der Waals surface area contributed by atoms with Crippen molar-refractivity contribution >= 4 is 17.6 Å². The largest absolute Gasteiger partial charge is 0.463 e. The van der Waals surface area contributed by atoms with E-state index >= 15 is 0 Å². The van der Waals surface area contributed by atoms with Gasteiger partial charge in [0.15, 0.2) is 0 Å². The highest BCUT2D eigenvalue weighted by atomic mass is 35.5. The molecule has 0 bridgehead atoms. The van der Waals surface area contributed by atoms with Gasteiger partial charge in [-0.15, -0.1) is 11.6 Å². The summed E-state index contributed by atoms with van der Waals surface area (Å²) in [6.07, 6.45) is 8.32. The number of unbranched alkanes of at least 4 members (excludes halogenated alkanes) is 4. The van der Waals surface area contributed by atoms with Crippen LogP contribution in [0, 0.1) is 5.92 Å². The molecule has 0 fully saturated rings. The second-order valence-corrected chi connectivity index (χ2v) is 12.2. The minimum Gasteiger partial charge on any atom is -0.463 e. The fourth-order valence-electron chi connectivity index (χ4n) is 4.43. The van der Waals surface area contributed by atoms with Crippen molar-refractivity contribution in [2.24, 2.45) is 5.92 Å². The quantitative estimate of drug-likeness (QED) is 0.0477. The van der Waals surface area contributed by atoms with E-state index in [9.17, 15) is 4.79 Å². The van der Waals surface area contributed by atoms with Crippen LogP contribution in [0.3, 0.4) is 0 Å². The molecular formula is C38H75ClO14. The highest BCUT2D eigenvalue weighted by Crippen LogP contribution is 2.14. The number of rotatable bonds is 47. The molecule has 0 radical (unpaired) electrons. The van der Waals surface area contributed by atoms with Gasteiger partial charge in [-0.1, -0.05) is 39.5 Å². The molecule has 318 valence electrons. The molecule has 0 spiro atoms. The van der Waals surface area contributed by atoms with E-state index in [1.807, 2.05) is 6.92 Å². The Hall–Kier alpha value is -0.720. The molecule has 0 heterocycles. The van der Waals surface area contributed by atoms with Crippen LogP contribution >= 0.6 is 11.6 Å². The minimum absolute atomic E-state index is 0.00520. The summed E-state index contributed by atoms with van der Waals surface area (Å²) in [5, 5.41) is 0. The lowest BCUT2D eigenvalue weighted by atomic mass is 10.00. The lowest BCUT2D eigenvalue weighted by Crippen LogP contribution is -2.20. The van der Waals surface area contributed by atoms with Gasteiger partial charge < -0.3 is 61.6 Å². The van der Waals surface area contributed by atoms with E-state index in [2.05, 4.69) is 6.92 Å². The number of carbonyl (C=O) groups is 1. The summed E-state index contributed by atoms with van der Waals surface area (Å²) in [6, 6.07) is 0. The third-order valence-electron chi connectivity index (χ3n) is 7.47. The summed E-state index contributed by atoms with van der Waals surface area (Å²) in [4.78, 5) is 12.0. The van der Waals surface area contributed by atoms with E-state index in [0.29, 0.717) is 152 Å². The standard InChI is InChI=1S/C38H75ClO14/c1-3-5-10-37(4-2)38(40)53-36-35-52-34-33-51-32-31-50-30-29-49-28-27-48-26-25-47-24-23-46-22-21-45-20-19-44-18-17-43-16-15-42-14-13-41-12-9-7-6-8-11-39/h37H,3-36H2,1-2H3. The zero-order valence-corrected chi connectivity index (χ0v) is 34.0. The Balaban J connectivity index is 3.12. The first kappa shape index (κ1) is 52.3. The van der Waals surface area contributed by atoms with Gasteiger partial charge in [-0.25, -0.2) is 0 Å². The molecule has 15 heteroatoms. The third-order valence-corrected chi connectivity index (χ3v) is 7.74. The van der Waals surface area contributed by atoms with Crippen molar-refractivity contribution in [3.63, 3.8) is 0 Å². The molecule has 1 atom stereocenters.